The van der Waals surface area contributed by atoms with Crippen LogP contribution in [0.25, 0.3) is 0 Å². The fourth-order valence-corrected chi connectivity index (χ4v) is 2.22. The van der Waals surface area contributed by atoms with Gasteiger partial charge in [-0.25, -0.2) is 8.42 Å². The molecule has 0 radical (unpaired) electrons. The molecule has 0 saturated heterocycles. The highest BCUT2D eigenvalue weighted by Gasteiger charge is 2.31. The van der Waals surface area contributed by atoms with E-state index >= 15 is 0 Å². The van der Waals surface area contributed by atoms with E-state index in [1.54, 1.807) is 0 Å². The van der Waals surface area contributed by atoms with Crippen molar-refractivity contribution in [3.63, 3.8) is 0 Å². The third-order valence-electron chi connectivity index (χ3n) is 2.06. The number of anilines is 1. The fraction of sp³-hybridized carbons (Fsp3) is 0.300. The Labute approximate surface area is 113 Å². The van der Waals surface area contributed by atoms with Gasteiger partial charge in [0.15, 0.2) is 0 Å². The first-order valence-electron chi connectivity index (χ1n) is 5.11. The highest BCUT2D eigenvalue weighted by atomic mass is 32.2. The minimum atomic E-state index is -4.84. The smallest absolute Gasteiger partial charge is 0.406 e. The predicted octanol–water partition coefficient (Wildman–Crippen LogP) is 0.837. The number of nitrogens with two attached hydrogens (primary N) is 1. The van der Waals surface area contributed by atoms with Crippen LogP contribution in [0, 0.1) is 0 Å². The number of benzene rings is 1. The molecule has 1 aromatic rings. The zero-order valence-corrected chi connectivity index (χ0v) is 11.0. The number of amides is 1. The van der Waals surface area contributed by atoms with Crippen molar-refractivity contribution < 1.29 is 31.1 Å². The van der Waals surface area contributed by atoms with Crippen molar-refractivity contribution in [2.24, 2.45) is 5.73 Å². The van der Waals surface area contributed by atoms with Gasteiger partial charge in [0.1, 0.15) is 12.3 Å². The number of nitrogens with zero attached hydrogens (tertiary/aromatic N) is 1. The van der Waals surface area contributed by atoms with Crippen LogP contribution in [0.4, 0.5) is 18.9 Å². The highest BCUT2D eigenvalue weighted by molar-refractivity contribution is 7.92. The van der Waals surface area contributed by atoms with Crippen molar-refractivity contribution in [1.29, 1.82) is 0 Å². The van der Waals surface area contributed by atoms with E-state index < -0.39 is 34.6 Å². The van der Waals surface area contributed by atoms with Crippen molar-refractivity contribution in [3.05, 3.63) is 24.3 Å². The Morgan fingerprint density at radius 2 is 1.80 bits per heavy atom. The van der Waals surface area contributed by atoms with Gasteiger partial charge in [0, 0.05) is 0 Å². The summed E-state index contributed by atoms with van der Waals surface area (Å²) in [6, 6.07) is 4.01. The Kier molecular flexibility index (Phi) is 4.48. The van der Waals surface area contributed by atoms with Crippen molar-refractivity contribution in [3.8, 4) is 5.75 Å². The highest BCUT2D eigenvalue weighted by Crippen LogP contribution is 2.26. The van der Waals surface area contributed by atoms with E-state index in [2.05, 4.69) is 4.74 Å². The van der Waals surface area contributed by atoms with E-state index in [-0.39, 0.29) is 5.69 Å². The molecule has 20 heavy (non-hydrogen) atoms. The molecule has 10 heteroatoms. The second-order valence-electron chi connectivity index (χ2n) is 3.78. The molecule has 0 spiro atoms. The van der Waals surface area contributed by atoms with Crippen LogP contribution in [0.3, 0.4) is 0 Å². The van der Waals surface area contributed by atoms with E-state index in [0.717, 1.165) is 30.5 Å². The molecule has 0 aliphatic rings. The SMILES string of the molecule is CS(=O)(=O)N(CC(N)=O)c1ccc(OC(F)(F)F)cc1. The number of ether oxygens (including phenoxy) is 1. The summed E-state index contributed by atoms with van der Waals surface area (Å²) < 4.78 is 63.2. The summed E-state index contributed by atoms with van der Waals surface area (Å²) in [4.78, 5) is 10.8. The van der Waals surface area contributed by atoms with Gasteiger partial charge in [0.2, 0.25) is 15.9 Å². The quantitative estimate of drug-likeness (QED) is 0.872. The third kappa shape index (κ3) is 4.96. The Bertz CT molecular complexity index is 584. The molecule has 1 rings (SSSR count). The maximum atomic E-state index is 12.0. The van der Waals surface area contributed by atoms with Gasteiger partial charge in [-0.15, -0.1) is 13.2 Å². The summed E-state index contributed by atoms with van der Waals surface area (Å²) in [5.74, 6) is -1.40. The van der Waals surface area contributed by atoms with Gasteiger partial charge >= 0.3 is 6.36 Å². The number of hydrogen-bond donors (Lipinski definition) is 1. The van der Waals surface area contributed by atoms with Crippen molar-refractivity contribution in [2.75, 3.05) is 17.1 Å². The number of primary amides is 1. The lowest BCUT2D eigenvalue weighted by Crippen LogP contribution is -2.37. The van der Waals surface area contributed by atoms with Crippen LogP contribution in [-0.2, 0) is 14.8 Å². The Morgan fingerprint density at radius 3 is 2.15 bits per heavy atom. The molecular formula is C10H11F3N2O4S. The zero-order valence-electron chi connectivity index (χ0n) is 10.2. The summed E-state index contributed by atoms with van der Waals surface area (Å²) in [6.07, 6.45) is -4.00. The summed E-state index contributed by atoms with van der Waals surface area (Å²) in [7, 11) is -3.79. The number of halogens is 3. The molecule has 0 aromatic heterocycles. The summed E-state index contributed by atoms with van der Waals surface area (Å²) >= 11 is 0. The zero-order chi connectivity index (χ0) is 15.6. The second-order valence-corrected chi connectivity index (χ2v) is 5.68. The molecule has 2 N–H and O–H groups in total. The maximum Gasteiger partial charge on any atom is 0.573 e. The average molecular weight is 312 g/mol. The third-order valence-corrected chi connectivity index (χ3v) is 3.20. The Balaban J connectivity index is 3.03. The van der Waals surface area contributed by atoms with Gasteiger partial charge in [-0.2, -0.15) is 0 Å². The summed E-state index contributed by atoms with van der Waals surface area (Å²) in [6.45, 7) is -0.613. The Hall–Kier alpha value is -1.97. The van der Waals surface area contributed by atoms with Crippen LogP contribution in [0.1, 0.15) is 0 Å². The number of hydrogen-bond acceptors (Lipinski definition) is 4. The second kappa shape index (κ2) is 5.57. The number of alkyl halides is 3. The molecule has 0 bridgehead atoms. The molecule has 112 valence electrons. The number of rotatable bonds is 5. The lowest BCUT2D eigenvalue weighted by Gasteiger charge is -2.21. The van der Waals surface area contributed by atoms with Gasteiger partial charge in [0.25, 0.3) is 0 Å². The van der Waals surface area contributed by atoms with Gasteiger partial charge in [-0.3, -0.25) is 9.10 Å². The fourth-order valence-electron chi connectivity index (χ4n) is 1.36. The van der Waals surface area contributed by atoms with Gasteiger partial charge in [-0.1, -0.05) is 0 Å². The molecule has 1 aromatic carbocycles. The number of carbonyl (C=O) groups excluding carboxylic acids is 1. The van der Waals surface area contributed by atoms with E-state index in [0.29, 0.717) is 4.31 Å². The largest absolute Gasteiger partial charge is 0.573 e. The monoisotopic (exact) mass is 312 g/mol. The van der Waals surface area contributed by atoms with Crippen LogP contribution in [-0.4, -0.2) is 33.5 Å². The van der Waals surface area contributed by atoms with E-state index in [4.69, 9.17) is 5.73 Å². The van der Waals surface area contributed by atoms with Crippen molar-refractivity contribution in [2.45, 2.75) is 6.36 Å². The minimum absolute atomic E-state index is 0.000763. The molecule has 0 atom stereocenters. The van der Waals surface area contributed by atoms with Crippen LogP contribution in [0.15, 0.2) is 24.3 Å². The average Bonchev–Trinajstić information content (AvgIpc) is 2.23. The minimum Gasteiger partial charge on any atom is -0.406 e. The number of sulfonamides is 1. The lowest BCUT2D eigenvalue weighted by molar-refractivity contribution is -0.274. The summed E-state index contributed by atoms with van der Waals surface area (Å²) in [5, 5.41) is 0. The molecular weight excluding hydrogens is 301 g/mol. The maximum absolute atomic E-state index is 12.0. The predicted molar refractivity (Wildman–Crippen MR) is 64.5 cm³/mol. The standard InChI is InChI=1S/C10H11F3N2O4S/c1-20(17,18)15(6-9(14)16)7-2-4-8(5-3-7)19-10(11,12)13/h2-5H,6H2,1H3,(H2,14,16). The molecule has 0 aliphatic heterocycles. The van der Waals surface area contributed by atoms with E-state index in [1.165, 1.54) is 0 Å². The molecule has 6 nitrogen and oxygen atoms in total. The molecule has 0 fully saturated rings. The van der Waals surface area contributed by atoms with Gasteiger partial charge in [-0.05, 0) is 24.3 Å². The molecule has 0 heterocycles. The molecule has 1 amide bonds. The van der Waals surface area contributed by atoms with Crippen molar-refractivity contribution >= 4 is 21.6 Å². The molecule has 0 saturated carbocycles. The first-order chi connectivity index (χ1) is 8.99. The molecule has 0 aliphatic carbocycles. The first kappa shape index (κ1) is 16.1. The Morgan fingerprint density at radius 1 is 1.30 bits per heavy atom. The number of carbonyl (C=O) groups is 1. The van der Waals surface area contributed by atoms with E-state index in [9.17, 15) is 26.4 Å². The van der Waals surface area contributed by atoms with Crippen LogP contribution >= 0.6 is 0 Å². The van der Waals surface area contributed by atoms with E-state index in [1.807, 2.05) is 0 Å². The van der Waals surface area contributed by atoms with Crippen LogP contribution < -0.4 is 14.8 Å². The summed E-state index contributed by atoms with van der Waals surface area (Å²) in [5.41, 5.74) is 4.92. The van der Waals surface area contributed by atoms with Gasteiger partial charge < -0.3 is 10.5 Å². The van der Waals surface area contributed by atoms with Crippen LogP contribution in [0.2, 0.25) is 0 Å². The normalized spacial score (nSPS) is 12.0. The topological polar surface area (TPSA) is 89.7 Å². The molecule has 0 unspecified atom stereocenters. The van der Waals surface area contributed by atoms with Crippen LogP contribution in [0.5, 0.6) is 5.75 Å². The van der Waals surface area contributed by atoms with Gasteiger partial charge in [0.05, 0.1) is 11.9 Å². The lowest BCUT2D eigenvalue weighted by atomic mass is 10.3. The first-order valence-corrected chi connectivity index (χ1v) is 6.96. The van der Waals surface area contributed by atoms with Crippen molar-refractivity contribution in [1.82, 2.24) is 0 Å².